The molecule has 0 atom stereocenters. The highest BCUT2D eigenvalue weighted by Crippen LogP contribution is 2.17. The van der Waals surface area contributed by atoms with Gasteiger partial charge in [-0.25, -0.2) is 4.39 Å². The highest BCUT2D eigenvalue weighted by molar-refractivity contribution is 5.31. The van der Waals surface area contributed by atoms with Crippen LogP contribution in [0.3, 0.4) is 0 Å². The number of aromatic nitrogens is 1. The highest BCUT2D eigenvalue weighted by atomic mass is 19.1. The molecule has 2 rings (SSSR count). The van der Waals surface area contributed by atoms with Crippen LogP contribution in [0.2, 0.25) is 0 Å². The van der Waals surface area contributed by atoms with Crippen LogP contribution in [0.25, 0.3) is 0 Å². The molecule has 3 nitrogen and oxygen atoms in total. The molecular formula is C13H11FN2O. The molecule has 0 bridgehead atoms. The van der Waals surface area contributed by atoms with Crippen molar-refractivity contribution in [2.45, 2.75) is 6.54 Å². The molecule has 2 aromatic rings. The molecule has 0 saturated heterocycles. The quantitative estimate of drug-likeness (QED) is 0.812. The fourth-order valence-electron chi connectivity index (χ4n) is 1.60. The SMILES string of the molecule is COc1ccc(F)c(Cn2ccc(C#N)c2)c1. The van der Waals surface area contributed by atoms with Crippen LogP contribution >= 0.6 is 0 Å². The second-order valence-electron chi connectivity index (χ2n) is 3.64. The van der Waals surface area contributed by atoms with Crippen LogP contribution in [0.4, 0.5) is 4.39 Å². The summed E-state index contributed by atoms with van der Waals surface area (Å²) in [6, 6.07) is 8.33. The molecule has 0 radical (unpaired) electrons. The average Bonchev–Trinajstić information content (AvgIpc) is 2.80. The van der Waals surface area contributed by atoms with Crippen molar-refractivity contribution in [3.8, 4) is 11.8 Å². The van der Waals surface area contributed by atoms with E-state index in [1.54, 1.807) is 42.3 Å². The molecule has 0 unspecified atom stereocenters. The van der Waals surface area contributed by atoms with Crippen LogP contribution in [-0.2, 0) is 6.54 Å². The first-order chi connectivity index (χ1) is 8.22. The summed E-state index contributed by atoms with van der Waals surface area (Å²) in [6.07, 6.45) is 3.43. The van der Waals surface area contributed by atoms with Crippen molar-refractivity contribution in [2.75, 3.05) is 7.11 Å². The second-order valence-corrected chi connectivity index (χ2v) is 3.64. The minimum atomic E-state index is -0.280. The third-order valence-electron chi connectivity index (χ3n) is 2.49. The molecule has 0 N–H and O–H groups in total. The number of ether oxygens (including phenoxy) is 1. The number of benzene rings is 1. The Kier molecular flexibility index (Phi) is 3.10. The molecular weight excluding hydrogens is 219 g/mol. The van der Waals surface area contributed by atoms with Gasteiger partial charge in [-0.05, 0) is 24.3 Å². The van der Waals surface area contributed by atoms with Gasteiger partial charge in [-0.2, -0.15) is 5.26 Å². The van der Waals surface area contributed by atoms with Crippen molar-refractivity contribution < 1.29 is 9.13 Å². The summed E-state index contributed by atoms with van der Waals surface area (Å²) in [5, 5.41) is 8.70. The summed E-state index contributed by atoms with van der Waals surface area (Å²) in [5.74, 6) is 0.340. The minimum absolute atomic E-state index is 0.280. The number of rotatable bonds is 3. The predicted octanol–water partition coefficient (Wildman–Crippen LogP) is 2.56. The molecule has 17 heavy (non-hydrogen) atoms. The van der Waals surface area contributed by atoms with E-state index in [0.717, 1.165) is 0 Å². The number of halogens is 1. The van der Waals surface area contributed by atoms with Crippen molar-refractivity contribution in [1.82, 2.24) is 4.57 Å². The molecule has 0 aliphatic carbocycles. The number of hydrogen-bond donors (Lipinski definition) is 0. The molecule has 4 heteroatoms. The zero-order valence-electron chi connectivity index (χ0n) is 9.35. The lowest BCUT2D eigenvalue weighted by Crippen LogP contribution is -2.00. The Hall–Kier alpha value is -2.28. The monoisotopic (exact) mass is 230 g/mol. The van der Waals surface area contributed by atoms with Crippen molar-refractivity contribution >= 4 is 0 Å². The molecule has 0 amide bonds. The van der Waals surface area contributed by atoms with Gasteiger partial charge in [-0.3, -0.25) is 0 Å². The van der Waals surface area contributed by atoms with E-state index in [1.807, 2.05) is 6.07 Å². The van der Waals surface area contributed by atoms with Gasteiger partial charge >= 0.3 is 0 Å². The van der Waals surface area contributed by atoms with Gasteiger partial charge in [0.05, 0.1) is 19.2 Å². The highest BCUT2D eigenvalue weighted by Gasteiger charge is 2.05. The number of methoxy groups -OCH3 is 1. The molecule has 86 valence electrons. The standard InChI is InChI=1S/C13H11FN2O/c1-17-12-2-3-13(14)11(6-12)9-16-5-4-10(7-15)8-16/h2-6,8H,9H2,1H3. The summed E-state index contributed by atoms with van der Waals surface area (Å²) in [5.41, 5.74) is 1.10. The first-order valence-corrected chi connectivity index (χ1v) is 5.11. The predicted molar refractivity (Wildman–Crippen MR) is 61.2 cm³/mol. The van der Waals surface area contributed by atoms with E-state index in [-0.39, 0.29) is 5.82 Å². The fourth-order valence-corrected chi connectivity index (χ4v) is 1.60. The van der Waals surface area contributed by atoms with E-state index in [2.05, 4.69) is 0 Å². The third-order valence-corrected chi connectivity index (χ3v) is 2.49. The molecule has 1 aromatic carbocycles. The molecule has 0 spiro atoms. The molecule has 0 aliphatic rings. The van der Waals surface area contributed by atoms with Crippen LogP contribution < -0.4 is 4.74 Å². The Morgan fingerprint density at radius 2 is 2.24 bits per heavy atom. The van der Waals surface area contributed by atoms with Crippen molar-refractivity contribution in [3.05, 3.63) is 53.6 Å². The van der Waals surface area contributed by atoms with Gasteiger partial charge in [-0.15, -0.1) is 0 Å². The molecule has 1 heterocycles. The van der Waals surface area contributed by atoms with Crippen molar-refractivity contribution in [2.24, 2.45) is 0 Å². The van der Waals surface area contributed by atoms with Gasteiger partial charge in [0.2, 0.25) is 0 Å². The summed E-state index contributed by atoms with van der Waals surface area (Å²) >= 11 is 0. The van der Waals surface area contributed by atoms with Crippen molar-refractivity contribution in [3.63, 3.8) is 0 Å². The van der Waals surface area contributed by atoms with Crippen LogP contribution in [-0.4, -0.2) is 11.7 Å². The number of nitrogens with zero attached hydrogens (tertiary/aromatic N) is 2. The van der Waals surface area contributed by atoms with Gasteiger partial charge in [0.15, 0.2) is 0 Å². The Morgan fingerprint density at radius 1 is 1.41 bits per heavy atom. The Morgan fingerprint density at radius 3 is 2.88 bits per heavy atom. The van der Waals surface area contributed by atoms with Gasteiger partial charge in [0.1, 0.15) is 17.6 Å². The fraction of sp³-hybridized carbons (Fsp3) is 0.154. The lowest BCUT2D eigenvalue weighted by molar-refractivity contribution is 0.412. The summed E-state index contributed by atoms with van der Waals surface area (Å²) < 4.78 is 20.4. The normalized spacial score (nSPS) is 9.94. The van der Waals surface area contributed by atoms with E-state index in [1.165, 1.54) is 6.07 Å². The topological polar surface area (TPSA) is 38.0 Å². The van der Waals surface area contributed by atoms with E-state index in [4.69, 9.17) is 10.00 Å². The Balaban J connectivity index is 2.26. The summed E-state index contributed by atoms with van der Waals surface area (Å²) in [7, 11) is 1.54. The van der Waals surface area contributed by atoms with Crippen molar-refractivity contribution in [1.29, 1.82) is 5.26 Å². The summed E-state index contributed by atoms with van der Waals surface area (Å²) in [4.78, 5) is 0. The average molecular weight is 230 g/mol. The molecule has 0 saturated carbocycles. The Bertz CT molecular complexity index is 569. The zero-order chi connectivity index (χ0) is 12.3. The van der Waals surface area contributed by atoms with E-state index >= 15 is 0 Å². The maximum Gasteiger partial charge on any atom is 0.128 e. The third kappa shape index (κ3) is 2.45. The largest absolute Gasteiger partial charge is 0.497 e. The smallest absolute Gasteiger partial charge is 0.128 e. The first-order valence-electron chi connectivity index (χ1n) is 5.11. The first kappa shape index (κ1) is 11.2. The number of hydrogen-bond acceptors (Lipinski definition) is 2. The van der Waals surface area contributed by atoms with Crippen LogP contribution in [0, 0.1) is 17.1 Å². The molecule has 1 aromatic heterocycles. The van der Waals surface area contributed by atoms with Gasteiger partial charge < -0.3 is 9.30 Å². The van der Waals surface area contributed by atoms with E-state index < -0.39 is 0 Å². The maximum absolute atomic E-state index is 13.5. The molecule has 0 aliphatic heterocycles. The van der Waals surface area contributed by atoms with Crippen LogP contribution in [0.5, 0.6) is 5.75 Å². The minimum Gasteiger partial charge on any atom is -0.497 e. The number of nitriles is 1. The maximum atomic E-state index is 13.5. The zero-order valence-corrected chi connectivity index (χ0v) is 9.35. The van der Waals surface area contributed by atoms with E-state index in [9.17, 15) is 4.39 Å². The lowest BCUT2D eigenvalue weighted by Gasteiger charge is -2.07. The second kappa shape index (κ2) is 4.71. The van der Waals surface area contributed by atoms with Crippen LogP contribution in [0.1, 0.15) is 11.1 Å². The van der Waals surface area contributed by atoms with Gasteiger partial charge in [0, 0.05) is 18.0 Å². The summed E-state index contributed by atoms with van der Waals surface area (Å²) in [6.45, 7) is 0.380. The van der Waals surface area contributed by atoms with Gasteiger partial charge in [-0.1, -0.05) is 0 Å². The van der Waals surface area contributed by atoms with Crippen LogP contribution in [0.15, 0.2) is 36.7 Å². The molecule has 0 fully saturated rings. The Labute approximate surface area is 98.7 Å². The lowest BCUT2D eigenvalue weighted by atomic mass is 10.2. The van der Waals surface area contributed by atoms with Gasteiger partial charge in [0.25, 0.3) is 0 Å². The van der Waals surface area contributed by atoms with E-state index in [0.29, 0.717) is 23.4 Å².